The fraction of sp³-hybridized carbons (Fsp3) is 0.840. The van der Waals surface area contributed by atoms with Crippen LogP contribution in [0.15, 0.2) is 11.8 Å². The predicted molar refractivity (Wildman–Crippen MR) is 116 cm³/mol. The van der Waals surface area contributed by atoms with Crippen LogP contribution in [0.2, 0.25) is 0 Å². The summed E-state index contributed by atoms with van der Waals surface area (Å²) in [5.41, 5.74) is 0.462. The van der Waals surface area contributed by atoms with E-state index in [1.165, 1.54) is 51.4 Å². The molecular weight excluding hydrogens is 358 g/mol. The maximum Gasteiger partial charge on any atom is 0.102 e. The SMILES string of the molecule is C[C@@]1(O)CC[C@H]2[C@H](CC[C@@H]3[C@@H]2CC[C@]2(C)[C@@H](CCN/C=C(/C#N)C=N)CC[C@@H]32)C1. The van der Waals surface area contributed by atoms with Gasteiger partial charge in [0.15, 0.2) is 0 Å². The Kier molecular flexibility index (Phi) is 5.81. The molecule has 29 heavy (non-hydrogen) atoms. The number of fused-ring (bicyclic) bond motifs is 5. The molecule has 4 heteroatoms. The lowest BCUT2D eigenvalue weighted by Crippen LogP contribution is -2.50. The van der Waals surface area contributed by atoms with Gasteiger partial charge in [-0.1, -0.05) is 6.92 Å². The highest BCUT2D eigenvalue weighted by Gasteiger charge is 2.57. The van der Waals surface area contributed by atoms with Gasteiger partial charge in [0.1, 0.15) is 6.07 Å². The first-order valence-corrected chi connectivity index (χ1v) is 11.9. The lowest BCUT2D eigenvalue weighted by Gasteiger charge is -2.57. The minimum absolute atomic E-state index is 0.393. The number of hydrogen-bond acceptors (Lipinski definition) is 4. The van der Waals surface area contributed by atoms with E-state index >= 15 is 0 Å². The van der Waals surface area contributed by atoms with Gasteiger partial charge in [0.05, 0.1) is 11.2 Å². The van der Waals surface area contributed by atoms with E-state index < -0.39 is 5.60 Å². The van der Waals surface area contributed by atoms with Crippen LogP contribution in [-0.2, 0) is 0 Å². The Labute approximate surface area is 176 Å². The first-order valence-electron chi connectivity index (χ1n) is 11.9. The number of hydrogen-bond donors (Lipinski definition) is 3. The summed E-state index contributed by atoms with van der Waals surface area (Å²) in [4.78, 5) is 0. The summed E-state index contributed by atoms with van der Waals surface area (Å²) < 4.78 is 0. The Morgan fingerprint density at radius 3 is 2.66 bits per heavy atom. The Balaban J connectivity index is 1.38. The summed E-state index contributed by atoms with van der Waals surface area (Å²) in [6, 6.07) is 2.03. The summed E-state index contributed by atoms with van der Waals surface area (Å²) in [6.45, 7) is 5.54. The third-order valence-electron chi connectivity index (χ3n) is 9.61. The third-order valence-corrected chi connectivity index (χ3v) is 9.61. The zero-order valence-corrected chi connectivity index (χ0v) is 18.3. The molecule has 0 aromatic carbocycles. The molecule has 0 aromatic rings. The fourth-order valence-electron chi connectivity index (χ4n) is 8.21. The molecule has 4 fully saturated rings. The van der Waals surface area contributed by atoms with Gasteiger partial charge < -0.3 is 15.8 Å². The second kappa shape index (κ2) is 8.06. The molecule has 0 spiro atoms. The highest BCUT2D eigenvalue weighted by Crippen LogP contribution is 2.65. The van der Waals surface area contributed by atoms with Crippen molar-refractivity contribution in [2.45, 2.75) is 83.7 Å². The highest BCUT2D eigenvalue weighted by molar-refractivity contribution is 5.80. The standard InChI is InChI=1S/C25H39N3O/c1-24(29)10-7-20-18(13-24)3-5-22-21(20)8-11-25(2)19(4-6-23(22)25)9-12-28-16-17(14-26)15-27/h14,16,18-23,26,28-29H,3-13H2,1-2H3/b17-16+,26-14?/t18-,19-,20+,21-,22-,23+,24-,25-/m1/s1. The molecule has 0 amide bonds. The zero-order valence-electron chi connectivity index (χ0n) is 18.3. The van der Waals surface area contributed by atoms with E-state index in [9.17, 15) is 5.11 Å². The van der Waals surface area contributed by atoms with Crippen LogP contribution in [0.25, 0.3) is 0 Å². The summed E-state index contributed by atoms with van der Waals surface area (Å²) >= 11 is 0. The zero-order chi connectivity index (χ0) is 20.6. The molecule has 4 aliphatic rings. The van der Waals surface area contributed by atoms with Crippen molar-refractivity contribution in [1.29, 1.82) is 10.7 Å². The van der Waals surface area contributed by atoms with Crippen molar-refractivity contribution in [3.8, 4) is 6.07 Å². The largest absolute Gasteiger partial charge is 0.390 e. The van der Waals surface area contributed by atoms with E-state index in [1.807, 2.05) is 6.07 Å². The quantitative estimate of drug-likeness (QED) is 0.345. The predicted octanol–water partition coefficient (Wildman–Crippen LogP) is 5.04. The summed E-state index contributed by atoms with van der Waals surface area (Å²) in [5.74, 6) is 5.13. The third kappa shape index (κ3) is 3.88. The summed E-state index contributed by atoms with van der Waals surface area (Å²) in [5, 5.41) is 30.0. The van der Waals surface area contributed by atoms with Crippen LogP contribution < -0.4 is 5.32 Å². The molecule has 0 bridgehead atoms. The minimum Gasteiger partial charge on any atom is -0.390 e. The number of nitriles is 1. The van der Waals surface area contributed by atoms with Gasteiger partial charge in [-0.15, -0.1) is 0 Å². The van der Waals surface area contributed by atoms with Crippen LogP contribution in [0.5, 0.6) is 0 Å². The second-order valence-electron chi connectivity index (χ2n) is 11.1. The van der Waals surface area contributed by atoms with Gasteiger partial charge in [-0.25, -0.2) is 0 Å². The molecule has 0 unspecified atom stereocenters. The number of nitrogens with one attached hydrogen (secondary N) is 2. The van der Waals surface area contributed by atoms with Gasteiger partial charge >= 0.3 is 0 Å². The molecule has 0 saturated heterocycles. The van der Waals surface area contributed by atoms with E-state index in [0.717, 1.165) is 61.1 Å². The van der Waals surface area contributed by atoms with Crippen molar-refractivity contribution in [1.82, 2.24) is 5.32 Å². The van der Waals surface area contributed by atoms with Gasteiger partial charge in [-0.2, -0.15) is 5.26 Å². The topological polar surface area (TPSA) is 79.9 Å². The summed E-state index contributed by atoms with van der Waals surface area (Å²) in [6.07, 6.45) is 15.5. The molecule has 0 aliphatic heterocycles. The maximum absolute atomic E-state index is 10.6. The van der Waals surface area contributed by atoms with Crippen LogP contribution in [0.1, 0.15) is 78.1 Å². The molecule has 0 aromatic heterocycles. The number of nitrogens with zero attached hydrogens (tertiary/aromatic N) is 1. The number of aliphatic hydroxyl groups is 1. The first kappa shape index (κ1) is 20.9. The monoisotopic (exact) mass is 397 g/mol. The lowest BCUT2D eigenvalue weighted by atomic mass is 9.49. The molecule has 4 saturated carbocycles. The highest BCUT2D eigenvalue weighted by atomic mass is 16.3. The maximum atomic E-state index is 10.6. The van der Waals surface area contributed by atoms with Crippen molar-refractivity contribution in [3.05, 3.63) is 11.8 Å². The molecule has 0 radical (unpaired) electrons. The van der Waals surface area contributed by atoms with Crippen LogP contribution in [0, 0.1) is 57.7 Å². The van der Waals surface area contributed by atoms with Crippen molar-refractivity contribution in [2.75, 3.05) is 6.54 Å². The molecule has 0 heterocycles. The number of allylic oxidation sites excluding steroid dienone is 1. The van der Waals surface area contributed by atoms with E-state index in [0.29, 0.717) is 11.0 Å². The normalized spacial score (nSPS) is 46.8. The van der Waals surface area contributed by atoms with Gasteiger partial charge in [-0.05, 0) is 112 Å². The average molecular weight is 398 g/mol. The van der Waals surface area contributed by atoms with Crippen molar-refractivity contribution in [2.24, 2.45) is 40.9 Å². The van der Waals surface area contributed by atoms with Gasteiger partial charge in [0.2, 0.25) is 0 Å². The van der Waals surface area contributed by atoms with Gasteiger partial charge in [0, 0.05) is 19.0 Å². The van der Waals surface area contributed by atoms with E-state index in [2.05, 4.69) is 19.2 Å². The van der Waals surface area contributed by atoms with Crippen LogP contribution in [0.4, 0.5) is 0 Å². The molecule has 4 rings (SSSR count). The van der Waals surface area contributed by atoms with Crippen molar-refractivity contribution >= 4 is 6.21 Å². The Morgan fingerprint density at radius 1 is 1.10 bits per heavy atom. The van der Waals surface area contributed by atoms with Crippen LogP contribution in [0.3, 0.4) is 0 Å². The second-order valence-corrected chi connectivity index (χ2v) is 11.1. The van der Waals surface area contributed by atoms with Crippen molar-refractivity contribution in [3.63, 3.8) is 0 Å². The molecular formula is C25H39N3O. The van der Waals surface area contributed by atoms with E-state index in [1.54, 1.807) is 6.20 Å². The Bertz CT molecular complexity index is 693. The minimum atomic E-state index is -0.416. The Hall–Kier alpha value is -1.34. The molecule has 3 N–H and O–H groups in total. The van der Waals surface area contributed by atoms with Crippen LogP contribution in [-0.4, -0.2) is 23.5 Å². The first-order chi connectivity index (χ1) is 13.9. The lowest BCUT2D eigenvalue weighted by molar-refractivity contribution is -0.0998. The molecule has 4 nitrogen and oxygen atoms in total. The van der Waals surface area contributed by atoms with E-state index in [-0.39, 0.29) is 0 Å². The average Bonchev–Trinajstić information content (AvgIpc) is 3.03. The molecule has 8 atom stereocenters. The fourth-order valence-corrected chi connectivity index (χ4v) is 8.21. The van der Waals surface area contributed by atoms with Gasteiger partial charge in [-0.3, -0.25) is 0 Å². The molecule has 4 aliphatic carbocycles. The Morgan fingerprint density at radius 2 is 1.90 bits per heavy atom. The number of rotatable bonds is 5. The molecule has 160 valence electrons. The van der Waals surface area contributed by atoms with Crippen LogP contribution >= 0.6 is 0 Å². The summed E-state index contributed by atoms with van der Waals surface area (Å²) in [7, 11) is 0. The van der Waals surface area contributed by atoms with Gasteiger partial charge in [0.25, 0.3) is 0 Å². The van der Waals surface area contributed by atoms with E-state index in [4.69, 9.17) is 10.7 Å². The van der Waals surface area contributed by atoms with Crippen molar-refractivity contribution < 1.29 is 5.11 Å². The smallest absolute Gasteiger partial charge is 0.102 e.